The lowest BCUT2D eigenvalue weighted by molar-refractivity contribution is 0.0501. The molecular formula is C25H28N4O3. The van der Waals surface area contributed by atoms with Crippen LogP contribution in [0.4, 0.5) is 5.82 Å². The molecule has 0 unspecified atom stereocenters. The Kier molecular flexibility index (Phi) is 6.54. The van der Waals surface area contributed by atoms with E-state index < -0.39 is 5.97 Å². The van der Waals surface area contributed by atoms with Gasteiger partial charge in [0.25, 0.3) is 0 Å². The first-order chi connectivity index (χ1) is 15.6. The van der Waals surface area contributed by atoms with E-state index in [0.717, 1.165) is 42.5 Å². The number of hydrogen-bond acceptors (Lipinski definition) is 6. The number of esters is 1. The quantitative estimate of drug-likeness (QED) is 0.297. The molecule has 0 radical (unpaired) electrons. The molecule has 0 atom stereocenters. The Balaban J connectivity index is 1.78. The molecule has 7 nitrogen and oxygen atoms in total. The van der Waals surface area contributed by atoms with Gasteiger partial charge in [0.05, 0.1) is 31.3 Å². The minimum Gasteiger partial charge on any atom is -0.496 e. The molecule has 0 aliphatic heterocycles. The molecule has 2 aromatic heterocycles. The lowest BCUT2D eigenvalue weighted by Crippen LogP contribution is -2.11. The summed E-state index contributed by atoms with van der Waals surface area (Å²) >= 11 is 0. The van der Waals surface area contributed by atoms with Gasteiger partial charge in [0.2, 0.25) is 0 Å². The highest BCUT2D eigenvalue weighted by molar-refractivity contribution is 6.08. The standard InChI is InChI=1S/C25H28N4O3/c1-3-4-5-10-15-32-25(30)21-22-24(28-19-13-8-7-12-18(19)27-22)29(23(21)26)16-17-11-6-9-14-20(17)31-2/h6-9,11-14H,3-5,10,15-16,26H2,1-2H3. The number of nitrogens with two attached hydrogens (primary N) is 1. The minimum atomic E-state index is -0.465. The van der Waals surface area contributed by atoms with Crippen LogP contribution >= 0.6 is 0 Å². The Hall–Kier alpha value is -3.61. The van der Waals surface area contributed by atoms with Crippen molar-refractivity contribution in [1.82, 2.24) is 14.5 Å². The summed E-state index contributed by atoms with van der Waals surface area (Å²) in [5, 5.41) is 0. The first-order valence-electron chi connectivity index (χ1n) is 11.0. The molecular weight excluding hydrogens is 404 g/mol. The molecule has 0 aliphatic carbocycles. The zero-order valence-corrected chi connectivity index (χ0v) is 18.5. The Morgan fingerprint density at radius 3 is 2.47 bits per heavy atom. The van der Waals surface area contributed by atoms with Crippen LogP contribution in [0, 0.1) is 0 Å². The largest absolute Gasteiger partial charge is 0.496 e. The number of fused-ring (bicyclic) bond motifs is 2. The monoisotopic (exact) mass is 432 g/mol. The Bertz CT molecular complexity index is 1250. The molecule has 0 saturated heterocycles. The van der Waals surface area contributed by atoms with Crippen LogP contribution in [0.5, 0.6) is 5.75 Å². The number of nitrogen functional groups attached to an aromatic ring is 1. The van der Waals surface area contributed by atoms with Crippen LogP contribution in [0.15, 0.2) is 48.5 Å². The van der Waals surface area contributed by atoms with Gasteiger partial charge in [0, 0.05) is 5.56 Å². The predicted molar refractivity (Wildman–Crippen MR) is 126 cm³/mol. The number of aromatic nitrogens is 3. The fourth-order valence-electron chi connectivity index (χ4n) is 3.85. The van der Waals surface area contributed by atoms with Crippen LogP contribution in [0.2, 0.25) is 0 Å². The van der Waals surface area contributed by atoms with Crippen molar-refractivity contribution in [3.8, 4) is 5.75 Å². The number of ether oxygens (including phenoxy) is 2. The molecule has 32 heavy (non-hydrogen) atoms. The molecule has 0 aliphatic rings. The molecule has 4 aromatic rings. The SMILES string of the molecule is CCCCCCOC(=O)c1c(N)n(Cc2ccccc2OC)c2nc3ccccc3nc12. The lowest BCUT2D eigenvalue weighted by Gasteiger charge is -2.11. The highest BCUT2D eigenvalue weighted by Crippen LogP contribution is 2.31. The molecule has 0 fully saturated rings. The summed E-state index contributed by atoms with van der Waals surface area (Å²) in [6.07, 6.45) is 4.10. The third-order valence-electron chi connectivity index (χ3n) is 5.55. The maximum Gasteiger partial charge on any atom is 0.344 e. The lowest BCUT2D eigenvalue weighted by atomic mass is 10.2. The van der Waals surface area contributed by atoms with Crippen molar-refractivity contribution in [2.45, 2.75) is 39.2 Å². The molecule has 2 heterocycles. The average Bonchev–Trinajstić information content (AvgIpc) is 3.08. The highest BCUT2D eigenvalue weighted by atomic mass is 16.5. The van der Waals surface area contributed by atoms with Gasteiger partial charge in [0.15, 0.2) is 5.65 Å². The van der Waals surface area contributed by atoms with Gasteiger partial charge >= 0.3 is 5.97 Å². The second-order valence-corrected chi connectivity index (χ2v) is 7.74. The molecule has 166 valence electrons. The van der Waals surface area contributed by atoms with Crippen LogP contribution in [0.3, 0.4) is 0 Å². The van der Waals surface area contributed by atoms with E-state index in [-0.39, 0.29) is 5.56 Å². The molecule has 0 amide bonds. The summed E-state index contributed by atoms with van der Waals surface area (Å²) in [6.45, 7) is 2.90. The first kappa shape index (κ1) is 21.6. The maximum absolute atomic E-state index is 13.0. The van der Waals surface area contributed by atoms with Gasteiger partial charge in [-0.15, -0.1) is 0 Å². The topological polar surface area (TPSA) is 92.3 Å². The van der Waals surface area contributed by atoms with Crippen molar-refractivity contribution in [2.24, 2.45) is 0 Å². The third kappa shape index (κ3) is 4.23. The summed E-state index contributed by atoms with van der Waals surface area (Å²) < 4.78 is 12.9. The zero-order chi connectivity index (χ0) is 22.5. The van der Waals surface area contributed by atoms with Gasteiger partial charge in [-0.05, 0) is 24.6 Å². The fraction of sp³-hybridized carbons (Fsp3) is 0.320. The van der Waals surface area contributed by atoms with Gasteiger partial charge in [-0.2, -0.15) is 0 Å². The zero-order valence-electron chi connectivity index (χ0n) is 18.5. The number of rotatable bonds is 9. The summed E-state index contributed by atoms with van der Waals surface area (Å²) in [7, 11) is 1.63. The van der Waals surface area contributed by atoms with E-state index in [1.54, 1.807) is 11.7 Å². The Morgan fingerprint density at radius 1 is 1.00 bits per heavy atom. The second kappa shape index (κ2) is 9.68. The van der Waals surface area contributed by atoms with Gasteiger partial charge in [0.1, 0.15) is 22.6 Å². The number of anilines is 1. The van der Waals surface area contributed by atoms with Crippen LogP contribution < -0.4 is 10.5 Å². The Morgan fingerprint density at radius 2 is 1.72 bits per heavy atom. The highest BCUT2D eigenvalue weighted by Gasteiger charge is 2.25. The molecule has 4 rings (SSSR count). The van der Waals surface area contributed by atoms with E-state index in [1.165, 1.54) is 0 Å². The molecule has 7 heteroatoms. The normalized spacial score (nSPS) is 11.2. The van der Waals surface area contributed by atoms with Gasteiger partial charge in [-0.1, -0.05) is 56.5 Å². The molecule has 2 aromatic carbocycles. The number of unbranched alkanes of at least 4 members (excludes halogenated alkanes) is 3. The summed E-state index contributed by atoms with van der Waals surface area (Å²) in [5.41, 5.74) is 10.1. The van der Waals surface area contributed by atoms with E-state index in [2.05, 4.69) is 6.92 Å². The van der Waals surface area contributed by atoms with Crippen LogP contribution in [0.25, 0.3) is 22.2 Å². The second-order valence-electron chi connectivity index (χ2n) is 7.74. The van der Waals surface area contributed by atoms with Gasteiger partial charge in [-0.3, -0.25) is 0 Å². The van der Waals surface area contributed by atoms with Crippen LogP contribution in [-0.2, 0) is 11.3 Å². The van der Waals surface area contributed by atoms with E-state index in [1.807, 2.05) is 48.5 Å². The van der Waals surface area contributed by atoms with Crippen LogP contribution in [0.1, 0.15) is 48.5 Å². The smallest absolute Gasteiger partial charge is 0.344 e. The van der Waals surface area contributed by atoms with Gasteiger partial charge < -0.3 is 19.8 Å². The first-order valence-corrected chi connectivity index (χ1v) is 11.0. The van der Waals surface area contributed by atoms with E-state index in [0.29, 0.717) is 35.7 Å². The number of para-hydroxylation sites is 3. The number of carbonyl (C=O) groups excluding carboxylic acids is 1. The predicted octanol–water partition coefficient (Wildman–Crippen LogP) is 4.96. The molecule has 2 N–H and O–H groups in total. The van der Waals surface area contributed by atoms with E-state index in [9.17, 15) is 4.79 Å². The number of carbonyl (C=O) groups is 1. The number of methoxy groups -OCH3 is 1. The fourth-order valence-corrected chi connectivity index (χ4v) is 3.85. The Labute approximate surface area is 187 Å². The number of hydrogen-bond donors (Lipinski definition) is 1. The van der Waals surface area contributed by atoms with E-state index >= 15 is 0 Å². The maximum atomic E-state index is 13.0. The van der Waals surface area contributed by atoms with Gasteiger partial charge in [-0.25, -0.2) is 14.8 Å². The van der Waals surface area contributed by atoms with Crippen LogP contribution in [-0.4, -0.2) is 34.2 Å². The van der Waals surface area contributed by atoms with Crippen molar-refractivity contribution in [3.63, 3.8) is 0 Å². The molecule has 0 saturated carbocycles. The van der Waals surface area contributed by atoms with Crippen molar-refractivity contribution in [2.75, 3.05) is 19.5 Å². The van der Waals surface area contributed by atoms with Crippen molar-refractivity contribution >= 4 is 34.0 Å². The summed E-state index contributed by atoms with van der Waals surface area (Å²) in [4.78, 5) is 22.5. The van der Waals surface area contributed by atoms with Crippen molar-refractivity contribution in [3.05, 3.63) is 59.7 Å². The molecule has 0 bridgehead atoms. The number of benzene rings is 2. The minimum absolute atomic E-state index is 0.267. The van der Waals surface area contributed by atoms with Crippen molar-refractivity contribution in [1.29, 1.82) is 0 Å². The molecule has 0 spiro atoms. The van der Waals surface area contributed by atoms with Crippen molar-refractivity contribution < 1.29 is 14.3 Å². The third-order valence-corrected chi connectivity index (χ3v) is 5.55. The summed E-state index contributed by atoms with van der Waals surface area (Å²) in [6, 6.07) is 15.3. The average molecular weight is 433 g/mol. The van der Waals surface area contributed by atoms with E-state index in [4.69, 9.17) is 25.2 Å². The number of nitrogens with zero attached hydrogens (tertiary/aromatic N) is 3. The summed E-state index contributed by atoms with van der Waals surface area (Å²) in [5.74, 6) is 0.565.